The van der Waals surface area contributed by atoms with E-state index in [1.165, 1.54) is 55.2 Å². The van der Waals surface area contributed by atoms with Crippen LogP contribution < -0.4 is 5.32 Å². The van der Waals surface area contributed by atoms with Crippen LogP contribution in [0.25, 0.3) is 0 Å². The van der Waals surface area contributed by atoms with Gasteiger partial charge in [0.25, 0.3) is 0 Å². The molecule has 0 heterocycles. The smallest absolute Gasteiger partial charge is 0.0595 e. The van der Waals surface area contributed by atoms with Crippen LogP contribution in [0.5, 0.6) is 0 Å². The molecule has 2 aromatic rings. The van der Waals surface area contributed by atoms with Crippen molar-refractivity contribution in [2.45, 2.75) is 56.9 Å². The first-order valence-corrected chi connectivity index (χ1v) is 10.7. The monoisotopic (exact) mass is 387 g/mol. The Labute approximate surface area is 167 Å². The first kappa shape index (κ1) is 18.3. The van der Waals surface area contributed by atoms with E-state index < -0.39 is 0 Å². The molecule has 0 radical (unpaired) electrons. The van der Waals surface area contributed by atoms with Crippen LogP contribution in [0.1, 0.15) is 73.6 Å². The predicted octanol–water partition coefficient (Wildman–Crippen LogP) is 7.13. The fourth-order valence-corrected chi connectivity index (χ4v) is 5.08. The number of halogens is 2. The second kappa shape index (κ2) is 8.33. The van der Waals surface area contributed by atoms with Crippen molar-refractivity contribution in [3.63, 3.8) is 0 Å². The molecule has 26 heavy (non-hydrogen) atoms. The summed E-state index contributed by atoms with van der Waals surface area (Å²) in [4.78, 5) is 0. The highest BCUT2D eigenvalue weighted by Gasteiger charge is 2.28. The van der Waals surface area contributed by atoms with Gasteiger partial charge in [0, 0.05) is 12.0 Å². The Morgan fingerprint density at radius 3 is 2.35 bits per heavy atom. The van der Waals surface area contributed by atoms with Gasteiger partial charge in [0.05, 0.1) is 10.0 Å². The first-order chi connectivity index (χ1) is 12.7. The third kappa shape index (κ3) is 3.96. The molecule has 0 saturated heterocycles. The van der Waals surface area contributed by atoms with Crippen LogP contribution in [0.4, 0.5) is 0 Å². The lowest BCUT2D eigenvalue weighted by atomic mass is 9.76. The van der Waals surface area contributed by atoms with E-state index in [0.717, 1.165) is 18.9 Å². The van der Waals surface area contributed by atoms with Crippen LogP contribution in [0, 0.1) is 5.92 Å². The molecule has 0 bridgehead atoms. The molecule has 2 aromatic carbocycles. The third-order valence-corrected chi connectivity index (χ3v) is 6.95. The van der Waals surface area contributed by atoms with Gasteiger partial charge in [-0.1, -0.05) is 72.8 Å². The zero-order valence-electron chi connectivity index (χ0n) is 15.2. The standard InChI is InChI=1S/C23H27Cl2N/c24-21-12-10-17(14-22(21)25)18-11-13-23(20-9-5-4-8-19(18)20)26-15-16-6-2-1-3-7-16/h4-5,8-10,12,14,16,18,23,26H,1-3,6-7,11,13,15H2/t18-,23+/m0/s1. The highest BCUT2D eigenvalue weighted by atomic mass is 35.5. The molecule has 1 saturated carbocycles. The minimum absolute atomic E-state index is 0.411. The number of hydrogen-bond acceptors (Lipinski definition) is 1. The Morgan fingerprint density at radius 2 is 1.58 bits per heavy atom. The van der Waals surface area contributed by atoms with Crippen LogP contribution in [-0.2, 0) is 0 Å². The van der Waals surface area contributed by atoms with Crippen LogP contribution in [0.2, 0.25) is 10.0 Å². The van der Waals surface area contributed by atoms with Crippen LogP contribution >= 0.6 is 23.2 Å². The maximum Gasteiger partial charge on any atom is 0.0595 e. The Kier molecular flexibility index (Phi) is 5.88. The van der Waals surface area contributed by atoms with Gasteiger partial charge in [0.2, 0.25) is 0 Å². The van der Waals surface area contributed by atoms with E-state index in [9.17, 15) is 0 Å². The largest absolute Gasteiger partial charge is 0.310 e. The van der Waals surface area contributed by atoms with Gasteiger partial charge in [-0.05, 0) is 67.0 Å². The molecule has 138 valence electrons. The van der Waals surface area contributed by atoms with Crippen molar-refractivity contribution in [1.29, 1.82) is 0 Å². The molecule has 3 heteroatoms. The topological polar surface area (TPSA) is 12.0 Å². The van der Waals surface area contributed by atoms with E-state index in [1.807, 2.05) is 12.1 Å². The van der Waals surface area contributed by atoms with Crippen molar-refractivity contribution in [3.8, 4) is 0 Å². The van der Waals surface area contributed by atoms with E-state index in [2.05, 4.69) is 35.6 Å². The normalized spacial score (nSPS) is 23.6. The highest BCUT2D eigenvalue weighted by Crippen LogP contribution is 2.42. The second-order valence-electron chi connectivity index (χ2n) is 7.90. The van der Waals surface area contributed by atoms with Gasteiger partial charge >= 0.3 is 0 Å². The zero-order chi connectivity index (χ0) is 17.9. The maximum atomic E-state index is 6.28. The van der Waals surface area contributed by atoms with Crippen molar-refractivity contribution in [2.24, 2.45) is 5.92 Å². The van der Waals surface area contributed by atoms with Gasteiger partial charge in [-0.25, -0.2) is 0 Å². The van der Waals surface area contributed by atoms with Crippen LogP contribution in [0.15, 0.2) is 42.5 Å². The zero-order valence-corrected chi connectivity index (χ0v) is 16.7. The maximum absolute atomic E-state index is 6.28. The molecule has 2 aliphatic carbocycles. The molecule has 1 nitrogen and oxygen atoms in total. The quantitative estimate of drug-likeness (QED) is 0.587. The van der Waals surface area contributed by atoms with Gasteiger partial charge in [-0.3, -0.25) is 0 Å². The fourth-order valence-electron chi connectivity index (χ4n) is 4.78. The number of rotatable bonds is 4. The van der Waals surface area contributed by atoms with Crippen molar-refractivity contribution < 1.29 is 0 Å². The van der Waals surface area contributed by atoms with Crippen molar-refractivity contribution in [3.05, 3.63) is 69.2 Å². The summed E-state index contributed by atoms with van der Waals surface area (Å²) in [6.07, 6.45) is 9.36. The number of benzene rings is 2. The summed E-state index contributed by atoms with van der Waals surface area (Å²) < 4.78 is 0. The summed E-state index contributed by atoms with van der Waals surface area (Å²) in [6.45, 7) is 1.16. The molecule has 0 aromatic heterocycles. The molecule has 1 N–H and O–H groups in total. The van der Waals surface area contributed by atoms with Gasteiger partial charge in [0.15, 0.2) is 0 Å². The Bertz CT molecular complexity index is 752. The Morgan fingerprint density at radius 1 is 0.808 bits per heavy atom. The summed E-state index contributed by atoms with van der Waals surface area (Å²) in [5.41, 5.74) is 4.18. The molecule has 0 spiro atoms. The lowest BCUT2D eigenvalue weighted by Crippen LogP contribution is -2.31. The van der Waals surface area contributed by atoms with Gasteiger partial charge < -0.3 is 5.32 Å². The van der Waals surface area contributed by atoms with Gasteiger partial charge in [-0.2, -0.15) is 0 Å². The van der Waals surface area contributed by atoms with Crippen LogP contribution in [-0.4, -0.2) is 6.54 Å². The molecule has 0 amide bonds. The second-order valence-corrected chi connectivity index (χ2v) is 8.71. The van der Waals surface area contributed by atoms with E-state index in [-0.39, 0.29) is 0 Å². The molecule has 0 unspecified atom stereocenters. The van der Waals surface area contributed by atoms with Crippen molar-refractivity contribution in [2.75, 3.05) is 6.54 Å². The van der Waals surface area contributed by atoms with E-state index in [1.54, 1.807) is 0 Å². The molecule has 4 rings (SSSR count). The lowest BCUT2D eigenvalue weighted by Gasteiger charge is -2.34. The van der Waals surface area contributed by atoms with E-state index in [0.29, 0.717) is 22.0 Å². The molecule has 0 aliphatic heterocycles. The van der Waals surface area contributed by atoms with E-state index in [4.69, 9.17) is 23.2 Å². The molecular formula is C23H27Cl2N. The van der Waals surface area contributed by atoms with Crippen LogP contribution in [0.3, 0.4) is 0 Å². The summed E-state index contributed by atoms with van der Waals surface area (Å²) in [7, 11) is 0. The number of nitrogens with one attached hydrogen (secondary N) is 1. The summed E-state index contributed by atoms with van der Waals surface area (Å²) in [6, 6.07) is 15.5. The highest BCUT2D eigenvalue weighted by molar-refractivity contribution is 6.42. The van der Waals surface area contributed by atoms with Crippen molar-refractivity contribution >= 4 is 23.2 Å². The third-order valence-electron chi connectivity index (χ3n) is 6.21. The average Bonchev–Trinajstić information content (AvgIpc) is 2.69. The molecule has 2 aliphatic rings. The summed E-state index contributed by atoms with van der Waals surface area (Å²) >= 11 is 12.4. The van der Waals surface area contributed by atoms with Gasteiger partial charge in [-0.15, -0.1) is 0 Å². The average molecular weight is 388 g/mol. The van der Waals surface area contributed by atoms with Crippen molar-refractivity contribution in [1.82, 2.24) is 5.32 Å². The SMILES string of the molecule is Clc1ccc([C@@H]2CC[C@@H](NCC3CCCCC3)c3ccccc32)cc1Cl. The Balaban J connectivity index is 1.53. The minimum atomic E-state index is 0.411. The summed E-state index contributed by atoms with van der Waals surface area (Å²) in [5.74, 6) is 1.28. The number of hydrogen-bond donors (Lipinski definition) is 1. The molecular weight excluding hydrogens is 361 g/mol. The predicted molar refractivity (Wildman–Crippen MR) is 111 cm³/mol. The molecule has 2 atom stereocenters. The van der Waals surface area contributed by atoms with Gasteiger partial charge in [0.1, 0.15) is 0 Å². The lowest BCUT2D eigenvalue weighted by molar-refractivity contribution is 0.317. The minimum Gasteiger partial charge on any atom is -0.310 e. The summed E-state index contributed by atoms with van der Waals surface area (Å²) in [5, 5.41) is 5.18. The molecule has 1 fully saturated rings. The van der Waals surface area contributed by atoms with E-state index >= 15 is 0 Å². The Hall–Kier alpha value is -1.02. The fraction of sp³-hybridized carbons (Fsp3) is 0.478. The number of fused-ring (bicyclic) bond motifs is 1. The first-order valence-electron chi connectivity index (χ1n) is 9.99.